The van der Waals surface area contributed by atoms with Crippen molar-refractivity contribution >= 4 is 28.5 Å². The van der Waals surface area contributed by atoms with Gasteiger partial charge in [0.15, 0.2) is 5.65 Å². The van der Waals surface area contributed by atoms with Crippen LogP contribution in [0.25, 0.3) is 16.7 Å². The first-order valence-corrected chi connectivity index (χ1v) is 13.8. The highest BCUT2D eigenvalue weighted by Gasteiger charge is 2.39. The van der Waals surface area contributed by atoms with E-state index in [1.807, 2.05) is 29.2 Å². The molecule has 2 aromatic heterocycles. The highest BCUT2D eigenvalue weighted by Crippen LogP contribution is 2.33. The molecule has 3 aromatic rings. The van der Waals surface area contributed by atoms with Crippen LogP contribution >= 0.6 is 0 Å². The molecule has 2 saturated heterocycles. The Bertz CT molecular complexity index is 1410. The van der Waals surface area contributed by atoms with E-state index >= 15 is 0 Å². The van der Waals surface area contributed by atoms with Gasteiger partial charge in [0.25, 0.3) is 5.56 Å². The van der Waals surface area contributed by atoms with Gasteiger partial charge in [-0.2, -0.15) is 5.10 Å². The average Bonchev–Trinajstić information content (AvgIpc) is 3.70. The predicted molar refractivity (Wildman–Crippen MR) is 143 cm³/mol. The molecule has 1 aromatic carbocycles. The Labute approximate surface area is 225 Å². The van der Waals surface area contributed by atoms with E-state index < -0.39 is 5.60 Å². The van der Waals surface area contributed by atoms with Crippen molar-refractivity contribution < 1.29 is 19.4 Å². The summed E-state index contributed by atoms with van der Waals surface area (Å²) >= 11 is 0. The number of nitrogens with one attached hydrogen (secondary N) is 1. The van der Waals surface area contributed by atoms with Crippen molar-refractivity contribution in [1.82, 2.24) is 24.2 Å². The fourth-order valence-corrected chi connectivity index (χ4v) is 5.57. The topological polar surface area (TPSA) is 132 Å². The lowest BCUT2D eigenvalue weighted by Gasteiger charge is -2.38. The third kappa shape index (κ3) is 5.60. The van der Waals surface area contributed by atoms with E-state index in [0.717, 1.165) is 25.7 Å². The van der Waals surface area contributed by atoms with Gasteiger partial charge in [-0.3, -0.25) is 19.0 Å². The third-order valence-corrected chi connectivity index (χ3v) is 8.16. The second kappa shape index (κ2) is 10.5. The zero-order chi connectivity index (χ0) is 27.0. The van der Waals surface area contributed by atoms with Gasteiger partial charge in [0, 0.05) is 44.3 Å². The van der Waals surface area contributed by atoms with Crippen molar-refractivity contribution in [3.05, 3.63) is 47.1 Å². The molecule has 4 heterocycles. The van der Waals surface area contributed by atoms with Crippen LogP contribution in [0, 0.1) is 11.8 Å². The number of carbonyl (C=O) groups is 2. The second-order valence-electron chi connectivity index (χ2n) is 11.2. The highest BCUT2D eigenvalue weighted by atomic mass is 16.5. The summed E-state index contributed by atoms with van der Waals surface area (Å²) in [5.74, 6) is 0.700. The van der Waals surface area contributed by atoms with Gasteiger partial charge in [-0.05, 0) is 68.7 Å². The van der Waals surface area contributed by atoms with E-state index in [4.69, 9.17) is 4.74 Å². The Morgan fingerprint density at radius 3 is 2.49 bits per heavy atom. The SMILES string of the molecule is O=C(CC1CCOCC1)Nc1ccc(-n2ncc3c(=O)n(CC4(O)CCN(C(=O)C5CC5)CC4)cnc32)cc1. The van der Waals surface area contributed by atoms with E-state index in [1.54, 1.807) is 4.68 Å². The molecule has 0 radical (unpaired) electrons. The summed E-state index contributed by atoms with van der Waals surface area (Å²) < 4.78 is 8.38. The van der Waals surface area contributed by atoms with Gasteiger partial charge in [0.05, 0.1) is 24.0 Å². The summed E-state index contributed by atoms with van der Waals surface area (Å²) in [6.45, 7) is 2.55. The average molecular weight is 535 g/mol. The van der Waals surface area contributed by atoms with Crippen molar-refractivity contribution in [3.8, 4) is 5.69 Å². The van der Waals surface area contributed by atoms with Gasteiger partial charge in [-0.25, -0.2) is 9.67 Å². The van der Waals surface area contributed by atoms with Gasteiger partial charge in [-0.15, -0.1) is 0 Å². The molecular formula is C28H34N6O5. The molecule has 0 atom stereocenters. The normalized spacial score (nSPS) is 19.8. The highest BCUT2D eigenvalue weighted by molar-refractivity contribution is 5.91. The van der Waals surface area contributed by atoms with E-state index in [2.05, 4.69) is 15.4 Å². The molecule has 11 heteroatoms. The van der Waals surface area contributed by atoms with Crippen molar-refractivity contribution in [1.29, 1.82) is 0 Å². The van der Waals surface area contributed by atoms with Crippen LogP contribution < -0.4 is 10.9 Å². The molecule has 206 valence electrons. The first-order chi connectivity index (χ1) is 18.9. The van der Waals surface area contributed by atoms with Crippen LogP contribution in [-0.2, 0) is 20.9 Å². The van der Waals surface area contributed by atoms with Gasteiger partial charge in [-0.1, -0.05) is 0 Å². The molecule has 39 heavy (non-hydrogen) atoms. The monoisotopic (exact) mass is 534 g/mol. The largest absolute Gasteiger partial charge is 0.388 e. The molecule has 3 aliphatic rings. The zero-order valence-electron chi connectivity index (χ0n) is 21.9. The summed E-state index contributed by atoms with van der Waals surface area (Å²) in [7, 11) is 0. The number of fused-ring (bicyclic) bond motifs is 1. The van der Waals surface area contributed by atoms with E-state index in [-0.39, 0.29) is 29.8 Å². The number of piperidine rings is 1. The summed E-state index contributed by atoms with van der Waals surface area (Å²) in [5.41, 5.74) is 0.488. The van der Waals surface area contributed by atoms with Crippen molar-refractivity contribution in [3.63, 3.8) is 0 Å². The lowest BCUT2D eigenvalue weighted by atomic mass is 9.91. The molecular weight excluding hydrogens is 500 g/mol. The van der Waals surface area contributed by atoms with Crippen LogP contribution in [-0.4, -0.2) is 73.1 Å². The minimum Gasteiger partial charge on any atom is -0.388 e. The van der Waals surface area contributed by atoms with Crippen LogP contribution in [0.2, 0.25) is 0 Å². The van der Waals surface area contributed by atoms with Gasteiger partial charge in [0.1, 0.15) is 11.7 Å². The number of nitrogens with zero attached hydrogens (tertiary/aromatic N) is 5. The lowest BCUT2D eigenvalue weighted by molar-refractivity contribution is -0.137. The second-order valence-corrected chi connectivity index (χ2v) is 11.2. The quantitative estimate of drug-likeness (QED) is 0.475. The molecule has 0 unspecified atom stereocenters. The van der Waals surface area contributed by atoms with Crippen LogP contribution in [0.4, 0.5) is 5.69 Å². The number of rotatable bonds is 7. The maximum absolute atomic E-state index is 13.2. The number of likely N-dealkylation sites (tertiary alicyclic amines) is 1. The Balaban J connectivity index is 1.11. The molecule has 1 saturated carbocycles. The summed E-state index contributed by atoms with van der Waals surface area (Å²) in [6, 6.07) is 7.26. The number of hydrogen-bond acceptors (Lipinski definition) is 7. The third-order valence-electron chi connectivity index (χ3n) is 8.16. The first-order valence-electron chi connectivity index (χ1n) is 13.8. The number of anilines is 1. The molecule has 2 aliphatic heterocycles. The Hall–Kier alpha value is -3.57. The number of aliphatic hydroxyl groups is 1. The minimum atomic E-state index is -1.07. The molecule has 2 N–H and O–H groups in total. The van der Waals surface area contributed by atoms with Crippen LogP contribution in [0.15, 0.2) is 41.6 Å². The van der Waals surface area contributed by atoms with Crippen molar-refractivity contribution in [2.45, 2.75) is 57.1 Å². The van der Waals surface area contributed by atoms with Crippen LogP contribution in [0.1, 0.15) is 44.9 Å². The number of ether oxygens (including phenoxy) is 1. The molecule has 0 bridgehead atoms. The molecule has 3 fully saturated rings. The summed E-state index contributed by atoms with van der Waals surface area (Å²) in [4.78, 5) is 44.3. The van der Waals surface area contributed by atoms with Gasteiger partial charge >= 0.3 is 0 Å². The van der Waals surface area contributed by atoms with Gasteiger partial charge in [0.2, 0.25) is 11.8 Å². The van der Waals surface area contributed by atoms with E-state index in [1.165, 1.54) is 17.1 Å². The van der Waals surface area contributed by atoms with E-state index in [9.17, 15) is 19.5 Å². The molecule has 6 rings (SSSR count). The number of amides is 2. The molecule has 2 amide bonds. The van der Waals surface area contributed by atoms with Crippen LogP contribution in [0.5, 0.6) is 0 Å². The number of aromatic nitrogens is 4. The lowest BCUT2D eigenvalue weighted by Crippen LogP contribution is -2.50. The zero-order valence-corrected chi connectivity index (χ0v) is 21.9. The standard InChI is InChI=1S/C28H34N6O5/c35-24(15-19-7-13-39-14-8-19)31-21-3-5-22(6-4-21)34-25-23(16-30-34)27(37)33(18-29-25)17-28(38)9-11-32(12-10-28)26(36)20-1-2-20/h3-6,16,18-20,38H,1-2,7-15,17H2,(H,31,35). The Kier molecular flexibility index (Phi) is 6.94. The van der Waals surface area contributed by atoms with Crippen molar-refractivity contribution in [2.75, 3.05) is 31.6 Å². The first kappa shape index (κ1) is 25.7. The summed E-state index contributed by atoms with van der Waals surface area (Å²) in [6.07, 6.45) is 8.02. The molecule has 0 spiro atoms. The Morgan fingerprint density at radius 1 is 1.08 bits per heavy atom. The van der Waals surface area contributed by atoms with E-state index in [0.29, 0.717) is 73.9 Å². The van der Waals surface area contributed by atoms with Gasteiger partial charge < -0.3 is 20.1 Å². The smallest absolute Gasteiger partial charge is 0.264 e. The maximum atomic E-state index is 13.2. The molecule has 11 nitrogen and oxygen atoms in total. The number of benzene rings is 1. The number of hydrogen-bond donors (Lipinski definition) is 2. The van der Waals surface area contributed by atoms with Crippen molar-refractivity contribution in [2.24, 2.45) is 11.8 Å². The number of carbonyl (C=O) groups excluding carboxylic acids is 2. The summed E-state index contributed by atoms with van der Waals surface area (Å²) in [5, 5.41) is 18.9. The minimum absolute atomic E-state index is 0.0109. The Morgan fingerprint density at radius 2 is 1.79 bits per heavy atom. The van der Waals surface area contributed by atoms with Crippen LogP contribution in [0.3, 0.4) is 0 Å². The fraction of sp³-hybridized carbons (Fsp3) is 0.536. The predicted octanol–water partition coefficient (Wildman–Crippen LogP) is 2.10. The molecule has 1 aliphatic carbocycles. The fourth-order valence-electron chi connectivity index (χ4n) is 5.57. The maximum Gasteiger partial charge on any atom is 0.264 e.